The number of amidine groups is 1. The molecule has 0 aromatic carbocycles. The molecule has 0 radical (unpaired) electrons. The zero-order valence-corrected chi connectivity index (χ0v) is 17.0. The summed E-state index contributed by atoms with van der Waals surface area (Å²) in [7, 11) is 1.51. The Labute approximate surface area is 161 Å². The monoisotopic (exact) mass is 385 g/mol. The molecule has 9 nitrogen and oxygen atoms in total. The topological polar surface area (TPSA) is 146 Å². The van der Waals surface area contributed by atoms with Gasteiger partial charge in [0.2, 0.25) is 17.7 Å². The lowest BCUT2D eigenvalue weighted by Gasteiger charge is -2.26. The SMILES string of the molecule is CNC(=O)[C@H](CCCCN=C(C)N)NC(=O)[C@H](CC(C)C)C(C)C(=O)NO. The van der Waals surface area contributed by atoms with Crippen LogP contribution in [0, 0.1) is 17.8 Å². The van der Waals surface area contributed by atoms with Gasteiger partial charge in [-0.25, -0.2) is 5.48 Å². The molecule has 0 aromatic rings. The number of aliphatic imine (C=N–C) groups is 1. The molecule has 0 saturated carbocycles. The average Bonchev–Trinajstić information content (AvgIpc) is 2.62. The maximum absolute atomic E-state index is 12.8. The van der Waals surface area contributed by atoms with Crippen molar-refractivity contribution in [2.45, 2.75) is 59.4 Å². The lowest BCUT2D eigenvalue weighted by Crippen LogP contribution is -2.50. The van der Waals surface area contributed by atoms with Gasteiger partial charge in [-0.1, -0.05) is 20.8 Å². The number of likely N-dealkylation sites (N-methyl/N-ethyl adjacent to an activating group) is 1. The van der Waals surface area contributed by atoms with Gasteiger partial charge in [-0.15, -0.1) is 0 Å². The van der Waals surface area contributed by atoms with Crippen LogP contribution in [0.2, 0.25) is 0 Å². The summed E-state index contributed by atoms with van der Waals surface area (Å²) in [6.07, 6.45) is 2.36. The van der Waals surface area contributed by atoms with Crippen LogP contribution in [0.15, 0.2) is 4.99 Å². The van der Waals surface area contributed by atoms with Crippen LogP contribution in [-0.2, 0) is 14.4 Å². The Bertz CT molecular complexity index is 518. The van der Waals surface area contributed by atoms with Crippen LogP contribution in [0.1, 0.15) is 53.4 Å². The van der Waals surface area contributed by atoms with E-state index in [1.807, 2.05) is 13.8 Å². The van der Waals surface area contributed by atoms with E-state index >= 15 is 0 Å². The molecular weight excluding hydrogens is 350 g/mol. The first-order valence-electron chi connectivity index (χ1n) is 9.36. The highest BCUT2D eigenvalue weighted by molar-refractivity contribution is 5.91. The van der Waals surface area contributed by atoms with Gasteiger partial charge in [-0.05, 0) is 38.5 Å². The van der Waals surface area contributed by atoms with E-state index in [0.717, 1.165) is 6.42 Å². The summed E-state index contributed by atoms with van der Waals surface area (Å²) in [5, 5.41) is 14.2. The fraction of sp³-hybridized carbons (Fsp3) is 0.778. The average molecular weight is 386 g/mol. The van der Waals surface area contributed by atoms with E-state index in [-0.39, 0.29) is 17.7 Å². The van der Waals surface area contributed by atoms with E-state index in [4.69, 9.17) is 10.9 Å². The Balaban J connectivity index is 5.01. The summed E-state index contributed by atoms with van der Waals surface area (Å²) in [5.74, 6) is -1.96. The molecule has 0 aliphatic carbocycles. The van der Waals surface area contributed by atoms with Crippen molar-refractivity contribution in [3.8, 4) is 0 Å². The van der Waals surface area contributed by atoms with Crippen molar-refractivity contribution in [2.24, 2.45) is 28.5 Å². The van der Waals surface area contributed by atoms with Gasteiger partial charge in [0, 0.05) is 25.4 Å². The molecule has 0 saturated heterocycles. The minimum Gasteiger partial charge on any atom is -0.388 e. The Morgan fingerprint density at radius 3 is 2.19 bits per heavy atom. The molecule has 0 fully saturated rings. The number of rotatable bonds is 12. The second-order valence-corrected chi connectivity index (χ2v) is 7.20. The summed E-state index contributed by atoms with van der Waals surface area (Å²) >= 11 is 0. The standard InChI is InChI=1S/C18H35N5O4/c1-11(2)10-14(12(3)16(24)23-27)17(25)22-15(18(26)20-5)8-6-7-9-21-13(4)19/h11-12,14-15,27H,6-10H2,1-5H3,(H2,19,21)(H,20,26)(H,22,25)(H,23,24)/t12?,14-,15+/m1/s1. The molecular formula is C18H35N5O4. The van der Waals surface area contributed by atoms with E-state index in [2.05, 4.69) is 15.6 Å². The number of hydroxylamine groups is 1. The molecule has 9 heteroatoms. The van der Waals surface area contributed by atoms with Crippen LogP contribution in [0.25, 0.3) is 0 Å². The number of nitrogens with one attached hydrogen (secondary N) is 3. The number of amides is 3. The van der Waals surface area contributed by atoms with E-state index in [9.17, 15) is 14.4 Å². The first kappa shape index (κ1) is 24.8. The number of nitrogens with two attached hydrogens (primary N) is 1. The largest absolute Gasteiger partial charge is 0.388 e. The molecule has 0 heterocycles. The Morgan fingerprint density at radius 2 is 1.70 bits per heavy atom. The molecule has 0 aliphatic heterocycles. The van der Waals surface area contributed by atoms with Gasteiger partial charge in [-0.2, -0.15) is 0 Å². The van der Waals surface area contributed by atoms with Crippen molar-refractivity contribution in [3.05, 3.63) is 0 Å². The van der Waals surface area contributed by atoms with Gasteiger partial charge in [0.1, 0.15) is 6.04 Å². The highest BCUT2D eigenvalue weighted by Crippen LogP contribution is 2.22. The fourth-order valence-electron chi connectivity index (χ4n) is 2.77. The third kappa shape index (κ3) is 9.93. The van der Waals surface area contributed by atoms with E-state index in [1.54, 1.807) is 19.3 Å². The zero-order valence-electron chi connectivity index (χ0n) is 17.0. The third-order valence-electron chi connectivity index (χ3n) is 4.33. The third-order valence-corrected chi connectivity index (χ3v) is 4.33. The van der Waals surface area contributed by atoms with Crippen LogP contribution in [-0.4, -0.2) is 48.4 Å². The van der Waals surface area contributed by atoms with Crippen molar-refractivity contribution >= 4 is 23.6 Å². The molecule has 6 N–H and O–H groups in total. The molecule has 27 heavy (non-hydrogen) atoms. The van der Waals surface area contributed by atoms with Crippen molar-refractivity contribution in [1.82, 2.24) is 16.1 Å². The fourth-order valence-corrected chi connectivity index (χ4v) is 2.77. The van der Waals surface area contributed by atoms with E-state index in [1.165, 1.54) is 7.05 Å². The van der Waals surface area contributed by atoms with Gasteiger partial charge in [0.25, 0.3) is 0 Å². The minimum atomic E-state index is -0.718. The van der Waals surface area contributed by atoms with Gasteiger partial charge in [0.15, 0.2) is 0 Å². The van der Waals surface area contributed by atoms with Crippen molar-refractivity contribution in [1.29, 1.82) is 0 Å². The molecule has 1 unspecified atom stereocenters. The number of carbonyl (C=O) groups excluding carboxylic acids is 3. The Morgan fingerprint density at radius 1 is 1.07 bits per heavy atom. The summed E-state index contributed by atoms with van der Waals surface area (Å²) < 4.78 is 0. The summed E-state index contributed by atoms with van der Waals surface area (Å²) in [4.78, 5) is 40.8. The molecule has 156 valence electrons. The molecule has 0 aromatic heterocycles. The second-order valence-electron chi connectivity index (χ2n) is 7.20. The Kier molecular flexibility index (Phi) is 12.0. The van der Waals surface area contributed by atoms with Crippen LogP contribution < -0.4 is 21.8 Å². The number of hydrogen-bond acceptors (Lipinski definition) is 5. The zero-order chi connectivity index (χ0) is 21.0. The van der Waals surface area contributed by atoms with Crippen molar-refractivity contribution < 1.29 is 19.6 Å². The summed E-state index contributed by atoms with van der Waals surface area (Å²) in [6, 6.07) is -0.690. The van der Waals surface area contributed by atoms with Crippen molar-refractivity contribution in [3.63, 3.8) is 0 Å². The molecule has 0 aliphatic rings. The Hall–Kier alpha value is -2.16. The van der Waals surface area contributed by atoms with Crippen LogP contribution in [0.5, 0.6) is 0 Å². The van der Waals surface area contributed by atoms with Gasteiger partial charge in [0.05, 0.1) is 5.84 Å². The molecule has 0 rings (SSSR count). The van der Waals surface area contributed by atoms with Crippen molar-refractivity contribution in [2.75, 3.05) is 13.6 Å². The quantitative estimate of drug-likeness (QED) is 0.110. The predicted molar refractivity (Wildman–Crippen MR) is 104 cm³/mol. The predicted octanol–water partition coefficient (Wildman–Crippen LogP) is 0.568. The van der Waals surface area contributed by atoms with Gasteiger partial charge < -0.3 is 16.4 Å². The highest BCUT2D eigenvalue weighted by Gasteiger charge is 2.32. The first-order chi connectivity index (χ1) is 12.6. The first-order valence-corrected chi connectivity index (χ1v) is 9.36. The highest BCUT2D eigenvalue weighted by atomic mass is 16.5. The van der Waals surface area contributed by atoms with Crippen LogP contribution in [0.3, 0.4) is 0 Å². The lowest BCUT2D eigenvalue weighted by molar-refractivity contribution is -0.141. The second kappa shape index (κ2) is 13.1. The number of nitrogens with zero attached hydrogens (tertiary/aromatic N) is 1. The maximum atomic E-state index is 12.8. The van der Waals surface area contributed by atoms with Crippen LogP contribution >= 0.6 is 0 Å². The normalized spacial score (nSPS) is 15.0. The molecule has 3 atom stereocenters. The summed E-state index contributed by atoms with van der Waals surface area (Å²) in [6.45, 7) is 7.76. The van der Waals surface area contributed by atoms with Gasteiger partial charge >= 0.3 is 0 Å². The van der Waals surface area contributed by atoms with Gasteiger partial charge in [-0.3, -0.25) is 24.6 Å². The number of unbranched alkanes of at least 4 members (excludes halogenated alkanes) is 1. The smallest absolute Gasteiger partial charge is 0.246 e. The van der Waals surface area contributed by atoms with E-state index < -0.39 is 23.8 Å². The lowest BCUT2D eigenvalue weighted by atomic mass is 9.85. The van der Waals surface area contributed by atoms with Crippen LogP contribution in [0.4, 0.5) is 0 Å². The molecule has 3 amide bonds. The number of hydrogen-bond donors (Lipinski definition) is 5. The summed E-state index contributed by atoms with van der Waals surface area (Å²) in [5.41, 5.74) is 7.08. The number of carbonyl (C=O) groups is 3. The molecule has 0 bridgehead atoms. The molecule has 0 spiro atoms. The maximum Gasteiger partial charge on any atom is 0.246 e. The van der Waals surface area contributed by atoms with E-state index in [0.29, 0.717) is 31.6 Å². The minimum absolute atomic E-state index is 0.172.